The van der Waals surface area contributed by atoms with E-state index in [2.05, 4.69) is 28.5 Å². The van der Waals surface area contributed by atoms with Gasteiger partial charge >= 0.3 is 0 Å². The van der Waals surface area contributed by atoms with Gasteiger partial charge in [0.1, 0.15) is 0 Å². The van der Waals surface area contributed by atoms with E-state index in [9.17, 15) is 4.79 Å². The molecule has 98 valence electrons. The van der Waals surface area contributed by atoms with Crippen LogP contribution < -0.4 is 5.32 Å². The zero-order valence-electron chi connectivity index (χ0n) is 10.8. The number of rotatable bonds is 6. The van der Waals surface area contributed by atoms with Gasteiger partial charge in [0.25, 0.3) is 5.91 Å². The Morgan fingerprint density at radius 2 is 2.33 bits per heavy atom. The molecule has 1 aromatic rings. The predicted octanol–water partition coefficient (Wildman–Crippen LogP) is 1.59. The van der Waals surface area contributed by atoms with E-state index in [1.165, 1.54) is 16.2 Å². The average molecular weight is 267 g/mol. The van der Waals surface area contributed by atoms with Crippen LogP contribution in [0.1, 0.15) is 30.1 Å². The molecule has 1 rings (SSSR count). The van der Waals surface area contributed by atoms with Gasteiger partial charge in [-0.1, -0.05) is 18.3 Å². The molecule has 1 unspecified atom stereocenters. The third kappa shape index (κ3) is 3.96. The quantitative estimate of drug-likeness (QED) is 0.846. The van der Waals surface area contributed by atoms with Gasteiger partial charge in [-0.25, -0.2) is 0 Å². The van der Waals surface area contributed by atoms with Crippen LogP contribution >= 0.6 is 11.3 Å². The maximum absolute atomic E-state index is 12.0. The highest BCUT2D eigenvalue weighted by molar-refractivity contribution is 7.17. The lowest BCUT2D eigenvalue weighted by molar-refractivity contribution is 0.0784. The molecule has 0 bridgehead atoms. The summed E-state index contributed by atoms with van der Waals surface area (Å²) in [6.45, 7) is 5.03. The highest BCUT2D eigenvalue weighted by atomic mass is 32.1. The molecule has 0 aromatic carbocycles. The van der Waals surface area contributed by atoms with E-state index in [-0.39, 0.29) is 11.8 Å². The lowest BCUT2D eigenvalue weighted by atomic mass is 10.2. The summed E-state index contributed by atoms with van der Waals surface area (Å²) in [5.74, 6) is -0.385. The minimum absolute atomic E-state index is 0.190. The van der Waals surface area contributed by atoms with E-state index in [4.69, 9.17) is 5.26 Å². The van der Waals surface area contributed by atoms with Crippen LogP contribution in [0.2, 0.25) is 0 Å². The summed E-state index contributed by atoms with van der Waals surface area (Å²) in [5, 5.41) is 20.6. The maximum Gasteiger partial charge on any atom is 0.284 e. The van der Waals surface area contributed by atoms with Crippen LogP contribution in [-0.4, -0.2) is 41.1 Å². The van der Waals surface area contributed by atoms with Crippen LogP contribution in [0.5, 0.6) is 0 Å². The molecule has 1 atom stereocenters. The molecule has 0 radical (unpaired) electrons. The largest absolute Gasteiger partial charge is 0.360 e. The number of anilines is 1. The van der Waals surface area contributed by atoms with E-state index in [1.807, 2.05) is 0 Å². The molecule has 0 aliphatic heterocycles. The number of nitrogens with zero attached hydrogens (tertiary/aromatic N) is 4. The fourth-order valence-electron chi connectivity index (χ4n) is 1.31. The Bertz CT molecular complexity index is 439. The van der Waals surface area contributed by atoms with Gasteiger partial charge in [0.2, 0.25) is 10.1 Å². The first-order valence-electron chi connectivity index (χ1n) is 5.81. The molecule has 1 aromatic heterocycles. The molecular weight excluding hydrogens is 250 g/mol. The summed E-state index contributed by atoms with van der Waals surface area (Å²) < 4.78 is 0. The molecule has 6 nitrogen and oxygen atoms in total. The molecule has 1 amide bonds. The molecule has 1 heterocycles. The van der Waals surface area contributed by atoms with Gasteiger partial charge in [-0.05, 0) is 13.3 Å². The van der Waals surface area contributed by atoms with Crippen molar-refractivity contribution in [2.45, 2.75) is 20.3 Å². The van der Waals surface area contributed by atoms with Gasteiger partial charge in [-0.2, -0.15) is 5.26 Å². The lowest BCUT2D eigenvalue weighted by Gasteiger charge is -2.16. The van der Waals surface area contributed by atoms with E-state index >= 15 is 0 Å². The predicted molar refractivity (Wildman–Crippen MR) is 70.4 cm³/mol. The first kappa shape index (κ1) is 14.4. The number of nitriles is 1. The molecule has 0 fully saturated rings. The Kier molecular flexibility index (Phi) is 5.52. The number of aromatic nitrogens is 2. The second kappa shape index (κ2) is 6.91. The fourth-order valence-corrected chi connectivity index (χ4v) is 2.07. The van der Waals surface area contributed by atoms with Crippen LogP contribution in [0.25, 0.3) is 0 Å². The van der Waals surface area contributed by atoms with Gasteiger partial charge in [-0.15, -0.1) is 10.2 Å². The van der Waals surface area contributed by atoms with Gasteiger partial charge in [0.15, 0.2) is 0 Å². The number of carbonyl (C=O) groups is 1. The topological polar surface area (TPSA) is 81.9 Å². The monoisotopic (exact) mass is 267 g/mol. The van der Waals surface area contributed by atoms with Crippen molar-refractivity contribution in [1.82, 2.24) is 15.1 Å². The van der Waals surface area contributed by atoms with Crippen molar-refractivity contribution in [3.05, 3.63) is 5.01 Å². The summed E-state index contributed by atoms with van der Waals surface area (Å²) in [7, 11) is 1.66. The first-order chi connectivity index (χ1) is 8.58. The summed E-state index contributed by atoms with van der Waals surface area (Å²) >= 11 is 1.24. The third-order valence-electron chi connectivity index (χ3n) is 2.25. The molecule has 0 aliphatic rings. The van der Waals surface area contributed by atoms with Gasteiger partial charge in [0.05, 0.1) is 12.0 Å². The smallest absolute Gasteiger partial charge is 0.284 e. The minimum Gasteiger partial charge on any atom is -0.360 e. The number of hydrogen-bond donors (Lipinski definition) is 1. The lowest BCUT2D eigenvalue weighted by Crippen LogP contribution is -2.30. The minimum atomic E-state index is -0.195. The molecule has 0 saturated carbocycles. The van der Waals surface area contributed by atoms with Gasteiger partial charge < -0.3 is 10.2 Å². The highest BCUT2D eigenvalue weighted by Crippen LogP contribution is 2.16. The number of amides is 1. The van der Waals surface area contributed by atoms with Crippen LogP contribution in [-0.2, 0) is 0 Å². The molecule has 18 heavy (non-hydrogen) atoms. The summed E-state index contributed by atoms with van der Waals surface area (Å²) in [6, 6.07) is 2.10. The van der Waals surface area contributed by atoms with Crippen molar-refractivity contribution >= 4 is 22.4 Å². The summed E-state index contributed by atoms with van der Waals surface area (Å²) in [6.07, 6.45) is 0.989. The van der Waals surface area contributed by atoms with Crippen molar-refractivity contribution < 1.29 is 4.79 Å². The van der Waals surface area contributed by atoms with E-state index in [1.54, 1.807) is 14.0 Å². The normalized spacial score (nSPS) is 11.7. The summed E-state index contributed by atoms with van der Waals surface area (Å²) in [5.41, 5.74) is 0. The zero-order chi connectivity index (χ0) is 13.5. The zero-order valence-corrected chi connectivity index (χ0v) is 11.6. The fraction of sp³-hybridized carbons (Fsp3) is 0.636. The molecule has 7 heteroatoms. The van der Waals surface area contributed by atoms with Crippen molar-refractivity contribution in [3.63, 3.8) is 0 Å². The van der Waals surface area contributed by atoms with Crippen molar-refractivity contribution in [2.24, 2.45) is 5.92 Å². The van der Waals surface area contributed by atoms with Crippen molar-refractivity contribution in [2.75, 3.05) is 25.5 Å². The summed E-state index contributed by atoms with van der Waals surface area (Å²) in [4.78, 5) is 13.5. The average Bonchev–Trinajstić information content (AvgIpc) is 2.83. The number of hydrogen-bond acceptors (Lipinski definition) is 6. The van der Waals surface area contributed by atoms with Crippen molar-refractivity contribution in [1.29, 1.82) is 5.26 Å². The number of nitrogens with one attached hydrogen (secondary N) is 1. The second-order valence-electron chi connectivity index (χ2n) is 4.05. The third-order valence-corrected chi connectivity index (χ3v) is 3.12. The molecule has 0 spiro atoms. The molecule has 0 aliphatic carbocycles. The van der Waals surface area contributed by atoms with E-state index in [0.717, 1.165) is 13.0 Å². The number of carbonyl (C=O) groups excluding carboxylic acids is 1. The Hall–Kier alpha value is -1.68. The molecule has 0 saturated heterocycles. The molecule has 1 N–H and O–H groups in total. The Morgan fingerprint density at radius 1 is 1.61 bits per heavy atom. The van der Waals surface area contributed by atoms with Crippen LogP contribution in [0.3, 0.4) is 0 Å². The van der Waals surface area contributed by atoms with Gasteiger partial charge in [0, 0.05) is 20.1 Å². The Labute approximate surface area is 111 Å². The van der Waals surface area contributed by atoms with Crippen LogP contribution in [0.4, 0.5) is 5.13 Å². The first-order valence-corrected chi connectivity index (χ1v) is 6.62. The molecular formula is C11H17N5OS. The highest BCUT2D eigenvalue weighted by Gasteiger charge is 2.18. The van der Waals surface area contributed by atoms with Crippen LogP contribution in [0, 0.1) is 17.2 Å². The van der Waals surface area contributed by atoms with E-state index in [0.29, 0.717) is 16.7 Å². The maximum atomic E-state index is 12.0. The SMILES string of the molecule is CCCNc1nnc(C(=O)N(C)CC(C)C#N)s1. The van der Waals surface area contributed by atoms with Gasteiger partial charge in [-0.3, -0.25) is 4.79 Å². The van der Waals surface area contributed by atoms with E-state index < -0.39 is 0 Å². The Morgan fingerprint density at radius 3 is 2.94 bits per heavy atom. The second-order valence-corrected chi connectivity index (χ2v) is 5.03. The standard InChI is InChI=1S/C11H17N5OS/c1-4-5-13-11-15-14-9(18-11)10(17)16(3)7-8(2)6-12/h8H,4-5,7H2,1-3H3,(H,13,15). The van der Waals surface area contributed by atoms with Crippen LogP contribution in [0.15, 0.2) is 0 Å². The Balaban J connectivity index is 2.61. The van der Waals surface area contributed by atoms with Crippen molar-refractivity contribution in [3.8, 4) is 6.07 Å².